The van der Waals surface area contributed by atoms with Crippen molar-refractivity contribution in [3.8, 4) is 5.69 Å². The molecule has 2 aliphatic rings. The topological polar surface area (TPSA) is 98.2 Å². The summed E-state index contributed by atoms with van der Waals surface area (Å²) in [6, 6.07) is 14.0. The molecule has 8 nitrogen and oxygen atoms in total. The van der Waals surface area contributed by atoms with E-state index in [9.17, 15) is 22.8 Å². The molecule has 3 heterocycles. The number of anilines is 1. The Bertz CT molecular complexity index is 1810. The quantitative estimate of drug-likeness (QED) is 0.237. The maximum atomic E-state index is 15.1. The summed E-state index contributed by atoms with van der Waals surface area (Å²) in [6.45, 7) is 0. The van der Waals surface area contributed by atoms with Gasteiger partial charge in [-0.3, -0.25) is 9.59 Å². The summed E-state index contributed by atoms with van der Waals surface area (Å²) in [5, 5.41) is 6.14. The first-order valence-electron chi connectivity index (χ1n) is 14.2. The molecule has 2 aromatic carbocycles. The molecule has 0 spiro atoms. The average Bonchev–Trinajstić information content (AvgIpc) is 3.70. The van der Waals surface area contributed by atoms with Crippen LogP contribution in [-0.2, 0) is 6.18 Å². The van der Waals surface area contributed by atoms with Crippen LogP contribution in [0.15, 0.2) is 77.9 Å². The van der Waals surface area contributed by atoms with Gasteiger partial charge in [-0.1, -0.05) is 31.0 Å². The molecule has 44 heavy (non-hydrogen) atoms. The molecule has 3 N–H and O–H groups in total. The highest BCUT2D eigenvalue weighted by molar-refractivity contribution is 6.03. The second kappa shape index (κ2) is 11.4. The maximum absolute atomic E-state index is 15.1. The second-order valence-electron chi connectivity index (χ2n) is 11.2. The van der Waals surface area contributed by atoms with Gasteiger partial charge in [0.2, 0.25) is 0 Å². The van der Waals surface area contributed by atoms with Crippen molar-refractivity contribution in [2.45, 2.75) is 44.1 Å². The molecule has 12 heteroatoms. The molecule has 1 fully saturated rings. The number of benzene rings is 2. The van der Waals surface area contributed by atoms with E-state index in [2.05, 4.69) is 10.4 Å². The Labute approximate surface area is 250 Å². The summed E-state index contributed by atoms with van der Waals surface area (Å²) in [6.07, 6.45) is 3.61. The van der Waals surface area contributed by atoms with Crippen LogP contribution < -0.4 is 16.6 Å². The molecule has 4 aromatic rings. The number of nitrogens with zero attached hydrogens (tertiary/aromatic N) is 4. The Morgan fingerprint density at radius 2 is 1.91 bits per heavy atom. The summed E-state index contributed by atoms with van der Waals surface area (Å²) in [5.41, 5.74) is 6.29. The number of pyridine rings is 1. The van der Waals surface area contributed by atoms with Crippen LogP contribution in [0.2, 0.25) is 0 Å². The van der Waals surface area contributed by atoms with Gasteiger partial charge in [0.15, 0.2) is 5.69 Å². The molecule has 1 aliphatic heterocycles. The lowest BCUT2D eigenvalue weighted by atomic mass is 9.99. The molecule has 1 aliphatic carbocycles. The fourth-order valence-electron chi connectivity index (χ4n) is 5.49. The lowest BCUT2D eigenvalue weighted by Gasteiger charge is -2.29. The Morgan fingerprint density at radius 3 is 2.64 bits per heavy atom. The second-order valence-corrected chi connectivity index (χ2v) is 11.2. The van der Waals surface area contributed by atoms with Gasteiger partial charge in [0, 0.05) is 31.6 Å². The molecule has 0 radical (unpaired) electrons. The van der Waals surface area contributed by atoms with Gasteiger partial charge < -0.3 is 20.5 Å². The van der Waals surface area contributed by atoms with Gasteiger partial charge in [-0.15, -0.1) is 0 Å². The van der Waals surface area contributed by atoms with Gasteiger partial charge in [-0.2, -0.15) is 18.3 Å². The van der Waals surface area contributed by atoms with E-state index in [4.69, 9.17) is 5.73 Å². The molecule has 0 bridgehead atoms. The van der Waals surface area contributed by atoms with E-state index in [1.807, 2.05) is 6.08 Å². The average molecular weight is 607 g/mol. The predicted octanol–water partition coefficient (Wildman–Crippen LogP) is 6.10. The third-order valence-corrected chi connectivity index (χ3v) is 8.15. The lowest BCUT2D eigenvalue weighted by molar-refractivity contribution is -0.141. The first-order valence-corrected chi connectivity index (χ1v) is 14.2. The first-order chi connectivity index (χ1) is 21.0. The van der Waals surface area contributed by atoms with Crippen LogP contribution in [0.25, 0.3) is 11.8 Å². The van der Waals surface area contributed by atoms with Gasteiger partial charge in [-0.05, 0) is 71.9 Å². The predicted molar refractivity (Wildman–Crippen MR) is 157 cm³/mol. The van der Waals surface area contributed by atoms with Crippen LogP contribution in [0.1, 0.15) is 70.8 Å². The third-order valence-electron chi connectivity index (χ3n) is 8.15. The zero-order valence-electron chi connectivity index (χ0n) is 23.8. The minimum absolute atomic E-state index is 0.182. The Kier molecular flexibility index (Phi) is 7.62. The van der Waals surface area contributed by atoms with Crippen molar-refractivity contribution in [1.82, 2.24) is 19.2 Å². The van der Waals surface area contributed by atoms with Gasteiger partial charge in [-0.25, -0.2) is 9.07 Å². The van der Waals surface area contributed by atoms with Crippen molar-refractivity contribution in [2.75, 3.05) is 12.4 Å². The van der Waals surface area contributed by atoms with Crippen molar-refractivity contribution in [3.63, 3.8) is 0 Å². The number of hydrogen-bond donors (Lipinski definition) is 2. The number of nitrogens with two attached hydrogens (primary N) is 1. The maximum Gasteiger partial charge on any atom is 0.435 e. The zero-order valence-corrected chi connectivity index (χ0v) is 23.8. The van der Waals surface area contributed by atoms with Crippen LogP contribution in [0, 0.1) is 11.7 Å². The van der Waals surface area contributed by atoms with Crippen LogP contribution in [0.3, 0.4) is 0 Å². The van der Waals surface area contributed by atoms with Gasteiger partial charge >= 0.3 is 6.18 Å². The van der Waals surface area contributed by atoms with Gasteiger partial charge in [0.25, 0.3) is 11.5 Å². The SMILES string of the molecule is CN1C=Cc2ccc(-n3nc(C(F)(F)F)cc3C(=O)Nc3cc(C(CCC4CC4)n4ccccc4=O)ccc3F)cc2C1N. The molecule has 228 valence electrons. The van der Waals surface area contributed by atoms with Crippen molar-refractivity contribution in [2.24, 2.45) is 11.7 Å². The smallest absolute Gasteiger partial charge is 0.361 e. The number of aromatic nitrogens is 3. The number of halogens is 4. The molecule has 2 unspecified atom stereocenters. The fraction of sp³-hybridized carbons (Fsp3) is 0.281. The standard InChI is InChI=1S/C32H30F4N6O2/c1-40-15-13-20-8-10-22(17-23(20)30(40)37)42-27(18-28(39-42)32(34,35)36)31(44)38-25-16-21(9-11-24(25)33)26(12-7-19-5-6-19)41-14-3-2-4-29(41)43/h2-4,8-11,13-19,26,30H,5-7,12,37H2,1H3,(H,38,44). The monoisotopic (exact) mass is 606 g/mol. The van der Waals surface area contributed by atoms with Gasteiger partial charge in [0.05, 0.1) is 17.4 Å². The van der Waals surface area contributed by atoms with Crippen molar-refractivity contribution in [3.05, 3.63) is 117 Å². The van der Waals surface area contributed by atoms with Gasteiger partial charge in [0.1, 0.15) is 17.7 Å². The van der Waals surface area contributed by atoms with E-state index in [1.54, 1.807) is 59.2 Å². The Balaban J connectivity index is 1.36. The number of carbonyl (C=O) groups is 1. The number of amides is 1. The van der Waals surface area contributed by atoms with E-state index in [1.165, 1.54) is 24.3 Å². The Morgan fingerprint density at radius 1 is 1.11 bits per heavy atom. The highest BCUT2D eigenvalue weighted by atomic mass is 19.4. The first kappa shape index (κ1) is 29.4. The molecule has 1 amide bonds. The molecular weight excluding hydrogens is 576 g/mol. The van der Waals surface area contributed by atoms with Crippen LogP contribution in [-0.4, -0.2) is 32.2 Å². The number of rotatable bonds is 8. The fourth-order valence-corrected chi connectivity index (χ4v) is 5.49. The summed E-state index contributed by atoms with van der Waals surface area (Å²) in [7, 11) is 1.76. The lowest BCUT2D eigenvalue weighted by Crippen LogP contribution is -2.29. The van der Waals surface area contributed by atoms with Crippen LogP contribution in [0.5, 0.6) is 0 Å². The largest absolute Gasteiger partial charge is 0.435 e. The molecule has 0 saturated heterocycles. The number of hydrogen-bond acceptors (Lipinski definition) is 5. The highest BCUT2D eigenvalue weighted by Gasteiger charge is 2.36. The van der Waals surface area contributed by atoms with Crippen LogP contribution in [0.4, 0.5) is 23.2 Å². The molecular formula is C32H30F4N6O2. The van der Waals surface area contributed by atoms with Crippen molar-refractivity contribution < 1.29 is 22.4 Å². The minimum Gasteiger partial charge on any atom is -0.361 e. The zero-order chi connectivity index (χ0) is 31.2. The summed E-state index contributed by atoms with van der Waals surface area (Å²) in [5.74, 6) is -1.19. The summed E-state index contributed by atoms with van der Waals surface area (Å²) < 4.78 is 58.9. The van der Waals surface area contributed by atoms with E-state index in [-0.39, 0.29) is 16.9 Å². The van der Waals surface area contributed by atoms with E-state index >= 15 is 4.39 Å². The third kappa shape index (κ3) is 5.89. The summed E-state index contributed by atoms with van der Waals surface area (Å²) in [4.78, 5) is 28.0. The van der Waals surface area contributed by atoms with E-state index in [0.717, 1.165) is 29.5 Å². The van der Waals surface area contributed by atoms with E-state index < -0.39 is 41.5 Å². The molecule has 2 atom stereocenters. The van der Waals surface area contributed by atoms with Crippen molar-refractivity contribution in [1.29, 1.82) is 0 Å². The number of carbonyl (C=O) groups excluding carboxylic acids is 1. The molecule has 1 saturated carbocycles. The van der Waals surface area contributed by atoms with Crippen LogP contribution >= 0.6 is 0 Å². The number of nitrogens with one attached hydrogen (secondary N) is 1. The highest BCUT2D eigenvalue weighted by Crippen LogP contribution is 2.37. The minimum atomic E-state index is -4.84. The van der Waals surface area contributed by atoms with E-state index in [0.29, 0.717) is 29.5 Å². The molecule has 2 aromatic heterocycles. The number of fused-ring (bicyclic) bond motifs is 1. The Hall–Kier alpha value is -4.71. The molecule has 6 rings (SSSR count). The summed E-state index contributed by atoms with van der Waals surface area (Å²) >= 11 is 0. The van der Waals surface area contributed by atoms with Crippen molar-refractivity contribution >= 4 is 17.7 Å². The number of alkyl halides is 3. The normalized spacial score (nSPS) is 17.0.